The molecular formula is C31H34N4O5. The average Bonchev–Trinajstić information content (AvgIpc) is 3.31. The van der Waals surface area contributed by atoms with E-state index in [2.05, 4.69) is 14.5 Å². The van der Waals surface area contributed by atoms with Crippen molar-refractivity contribution >= 4 is 17.0 Å². The highest BCUT2D eigenvalue weighted by atomic mass is 16.5. The molecule has 4 aromatic rings. The summed E-state index contributed by atoms with van der Waals surface area (Å²) in [6.07, 6.45) is 2.27. The molecule has 2 aliphatic heterocycles. The van der Waals surface area contributed by atoms with Crippen LogP contribution in [0.4, 0.5) is 0 Å². The Balaban J connectivity index is 1.15. The van der Waals surface area contributed by atoms with Gasteiger partial charge in [0.05, 0.1) is 48.6 Å². The molecule has 0 aliphatic carbocycles. The van der Waals surface area contributed by atoms with Gasteiger partial charge in [-0.15, -0.1) is 0 Å². The number of benzene rings is 2. The fourth-order valence-electron chi connectivity index (χ4n) is 5.40. The minimum atomic E-state index is -1.02. The Morgan fingerprint density at radius 2 is 1.88 bits per heavy atom. The zero-order valence-electron chi connectivity index (χ0n) is 22.7. The smallest absolute Gasteiger partial charge is 0.337 e. The number of fused-ring (bicyclic) bond motifs is 1. The fraction of sp³-hybridized carbons (Fsp3) is 0.387. The molecule has 9 nitrogen and oxygen atoms in total. The van der Waals surface area contributed by atoms with Gasteiger partial charge in [-0.05, 0) is 49.1 Å². The molecule has 2 aromatic heterocycles. The lowest BCUT2D eigenvalue weighted by atomic mass is 9.87. The molecular weight excluding hydrogens is 508 g/mol. The molecule has 2 aliphatic rings. The van der Waals surface area contributed by atoms with E-state index in [1.165, 1.54) is 7.11 Å². The van der Waals surface area contributed by atoms with Crippen LogP contribution >= 0.6 is 0 Å². The van der Waals surface area contributed by atoms with Crippen LogP contribution in [0.5, 0.6) is 5.88 Å². The molecule has 0 saturated carbocycles. The SMILES string of the molecule is COC(=O)c1ccc2nc(CN3CCC(O)(c4cccc(OCc5ccccc5)n4)CC3)n(C[C@@H]3CCO3)c2c1. The van der Waals surface area contributed by atoms with Crippen LogP contribution in [0.2, 0.25) is 0 Å². The van der Waals surface area contributed by atoms with Gasteiger partial charge in [0, 0.05) is 25.8 Å². The van der Waals surface area contributed by atoms with Crippen LogP contribution in [0.15, 0.2) is 66.7 Å². The Hall–Kier alpha value is -3.79. The summed E-state index contributed by atoms with van der Waals surface area (Å²) in [6.45, 7) is 3.93. The van der Waals surface area contributed by atoms with Crippen molar-refractivity contribution in [3.8, 4) is 5.88 Å². The normalized spacial score (nSPS) is 18.8. The monoisotopic (exact) mass is 542 g/mol. The predicted molar refractivity (Wildman–Crippen MR) is 149 cm³/mol. The Morgan fingerprint density at radius 1 is 1.07 bits per heavy atom. The molecule has 1 N–H and O–H groups in total. The van der Waals surface area contributed by atoms with Gasteiger partial charge < -0.3 is 23.9 Å². The number of pyridine rings is 1. The van der Waals surface area contributed by atoms with E-state index in [9.17, 15) is 9.90 Å². The van der Waals surface area contributed by atoms with Crippen molar-refractivity contribution in [3.63, 3.8) is 0 Å². The van der Waals surface area contributed by atoms with Crippen LogP contribution in [-0.2, 0) is 34.8 Å². The third-order valence-electron chi connectivity index (χ3n) is 7.91. The summed E-state index contributed by atoms with van der Waals surface area (Å²) < 4.78 is 18.7. The van der Waals surface area contributed by atoms with Crippen molar-refractivity contribution < 1.29 is 24.1 Å². The number of aliphatic hydroxyl groups is 1. The van der Waals surface area contributed by atoms with Crippen molar-refractivity contribution in [3.05, 3.63) is 89.4 Å². The standard InChI is InChI=1S/C31H34N4O5/c1-38-30(36)23-10-11-25-26(18-23)35(19-24-12-17-39-24)28(32-25)20-34-15-13-31(37,14-16-34)27-8-5-9-29(33-27)40-21-22-6-3-2-4-7-22/h2-11,18,24,37H,12-17,19-21H2,1H3/t24-/m0/s1. The summed E-state index contributed by atoms with van der Waals surface area (Å²) in [5.41, 5.74) is 2.94. The number of carbonyl (C=O) groups is 1. The van der Waals surface area contributed by atoms with E-state index >= 15 is 0 Å². The summed E-state index contributed by atoms with van der Waals surface area (Å²) in [6, 6.07) is 21.0. The number of hydrogen-bond donors (Lipinski definition) is 1. The second-order valence-electron chi connectivity index (χ2n) is 10.6. The topological polar surface area (TPSA) is 98.9 Å². The number of likely N-dealkylation sites (tertiary alicyclic amines) is 1. The molecule has 40 heavy (non-hydrogen) atoms. The van der Waals surface area contributed by atoms with E-state index in [-0.39, 0.29) is 12.1 Å². The highest BCUT2D eigenvalue weighted by Crippen LogP contribution is 2.33. The number of esters is 1. The fourth-order valence-corrected chi connectivity index (χ4v) is 5.40. The molecule has 0 amide bonds. The summed E-state index contributed by atoms with van der Waals surface area (Å²) in [7, 11) is 1.39. The number of piperidine rings is 1. The third-order valence-corrected chi connectivity index (χ3v) is 7.91. The number of rotatable bonds is 9. The van der Waals surface area contributed by atoms with Crippen molar-refractivity contribution in [2.75, 3.05) is 26.8 Å². The second-order valence-corrected chi connectivity index (χ2v) is 10.6. The van der Waals surface area contributed by atoms with Gasteiger partial charge in [-0.25, -0.2) is 14.8 Å². The largest absolute Gasteiger partial charge is 0.473 e. The number of methoxy groups -OCH3 is 1. The first-order valence-corrected chi connectivity index (χ1v) is 13.8. The molecule has 208 valence electrons. The number of hydrogen-bond acceptors (Lipinski definition) is 8. The number of imidazole rings is 1. The van der Waals surface area contributed by atoms with E-state index in [1.54, 1.807) is 6.07 Å². The Labute approximate surface area is 233 Å². The van der Waals surface area contributed by atoms with Crippen LogP contribution < -0.4 is 4.74 Å². The summed E-state index contributed by atoms with van der Waals surface area (Å²) in [5.74, 6) is 1.07. The first-order chi connectivity index (χ1) is 19.5. The van der Waals surface area contributed by atoms with Crippen LogP contribution in [0.25, 0.3) is 11.0 Å². The molecule has 4 heterocycles. The summed E-state index contributed by atoms with van der Waals surface area (Å²) >= 11 is 0. The van der Waals surface area contributed by atoms with Gasteiger partial charge in [-0.2, -0.15) is 0 Å². The van der Waals surface area contributed by atoms with E-state index in [1.807, 2.05) is 60.7 Å². The van der Waals surface area contributed by atoms with Crippen LogP contribution in [-0.4, -0.2) is 63.4 Å². The Kier molecular flexibility index (Phi) is 7.51. The lowest BCUT2D eigenvalue weighted by Crippen LogP contribution is -2.43. The maximum atomic E-state index is 12.2. The number of carbonyl (C=O) groups excluding carboxylic acids is 1. The number of nitrogens with zero attached hydrogens (tertiary/aromatic N) is 4. The first-order valence-electron chi connectivity index (χ1n) is 13.8. The highest BCUT2D eigenvalue weighted by molar-refractivity contribution is 5.93. The molecule has 6 rings (SSSR count). The van der Waals surface area contributed by atoms with Crippen molar-refractivity contribution in [2.24, 2.45) is 0 Å². The van der Waals surface area contributed by atoms with Crippen molar-refractivity contribution in [2.45, 2.75) is 50.7 Å². The van der Waals surface area contributed by atoms with Gasteiger partial charge in [-0.1, -0.05) is 36.4 Å². The zero-order valence-corrected chi connectivity index (χ0v) is 22.7. The molecule has 9 heteroatoms. The van der Waals surface area contributed by atoms with Gasteiger partial charge in [-0.3, -0.25) is 4.90 Å². The second kappa shape index (κ2) is 11.4. The molecule has 0 radical (unpaired) electrons. The van der Waals surface area contributed by atoms with Crippen LogP contribution in [0.3, 0.4) is 0 Å². The Morgan fingerprint density at radius 3 is 2.60 bits per heavy atom. The van der Waals surface area contributed by atoms with Gasteiger partial charge in [0.1, 0.15) is 18.0 Å². The Bertz CT molecular complexity index is 1480. The van der Waals surface area contributed by atoms with Crippen molar-refractivity contribution in [1.29, 1.82) is 0 Å². The summed E-state index contributed by atoms with van der Waals surface area (Å²) in [4.78, 5) is 24.0. The third kappa shape index (κ3) is 5.58. The van der Waals surface area contributed by atoms with Crippen LogP contribution in [0.1, 0.15) is 46.7 Å². The van der Waals surface area contributed by atoms with Gasteiger partial charge in [0.15, 0.2) is 0 Å². The quantitative estimate of drug-likeness (QED) is 0.316. The van der Waals surface area contributed by atoms with Crippen LogP contribution in [0, 0.1) is 0 Å². The molecule has 2 fully saturated rings. The maximum Gasteiger partial charge on any atom is 0.337 e. The molecule has 1 atom stereocenters. The number of ether oxygens (including phenoxy) is 3. The minimum absolute atomic E-state index is 0.145. The zero-order chi connectivity index (χ0) is 27.5. The van der Waals surface area contributed by atoms with Gasteiger partial charge in [0.25, 0.3) is 0 Å². The van der Waals surface area contributed by atoms with Crippen molar-refractivity contribution in [1.82, 2.24) is 19.4 Å². The van der Waals surface area contributed by atoms with Gasteiger partial charge in [0.2, 0.25) is 5.88 Å². The predicted octanol–water partition coefficient (Wildman–Crippen LogP) is 4.07. The van der Waals surface area contributed by atoms with E-state index < -0.39 is 5.60 Å². The molecule has 0 unspecified atom stereocenters. The molecule has 0 spiro atoms. The molecule has 0 bridgehead atoms. The maximum absolute atomic E-state index is 12.2. The lowest BCUT2D eigenvalue weighted by molar-refractivity contribution is -0.0595. The summed E-state index contributed by atoms with van der Waals surface area (Å²) in [5, 5.41) is 11.5. The first kappa shape index (κ1) is 26.4. The minimum Gasteiger partial charge on any atom is -0.473 e. The lowest BCUT2D eigenvalue weighted by Gasteiger charge is -2.38. The van der Waals surface area contributed by atoms with Gasteiger partial charge >= 0.3 is 5.97 Å². The highest BCUT2D eigenvalue weighted by Gasteiger charge is 2.36. The number of aromatic nitrogens is 3. The molecule has 2 aromatic carbocycles. The molecule has 2 saturated heterocycles. The van der Waals surface area contributed by atoms with E-state index in [0.717, 1.165) is 35.4 Å². The average molecular weight is 543 g/mol. The van der Waals surface area contributed by atoms with E-state index in [4.69, 9.17) is 19.2 Å². The van der Waals surface area contributed by atoms with E-state index in [0.29, 0.717) is 62.8 Å².